The molecule has 1 aromatic rings. The first-order valence-corrected chi connectivity index (χ1v) is 6.64. The number of rotatable bonds is 4. The van der Waals surface area contributed by atoms with E-state index in [1.54, 1.807) is 0 Å². The maximum atomic E-state index is 9.14. The van der Waals surface area contributed by atoms with E-state index in [9.17, 15) is 0 Å². The molecule has 17 heavy (non-hydrogen) atoms. The van der Waals surface area contributed by atoms with E-state index in [0.29, 0.717) is 18.6 Å². The SMILES string of the molecule is CN(Cc1ccccc1)C1CCC(CO)CC1. The molecule has 1 aliphatic carbocycles. The van der Waals surface area contributed by atoms with E-state index in [0.717, 1.165) is 6.54 Å². The third kappa shape index (κ3) is 3.55. The highest BCUT2D eigenvalue weighted by atomic mass is 16.3. The van der Waals surface area contributed by atoms with E-state index in [-0.39, 0.29) is 0 Å². The summed E-state index contributed by atoms with van der Waals surface area (Å²) in [5, 5.41) is 9.14. The van der Waals surface area contributed by atoms with Crippen molar-refractivity contribution < 1.29 is 5.11 Å². The Bertz CT molecular complexity index is 317. The van der Waals surface area contributed by atoms with Crippen molar-refractivity contribution in [3.8, 4) is 0 Å². The predicted molar refractivity (Wildman–Crippen MR) is 70.7 cm³/mol. The normalized spacial score (nSPS) is 25.1. The summed E-state index contributed by atoms with van der Waals surface area (Å²) in [6.45, 7) is 1.41. The molecule has 0 radical (unpaired) electrons. The zero-order valence-electron chi connectivity index (χ0n) is 10.7. The van der Waals surface area contributed by atoms with Crippen LogP contribution in [0.5, 0.6) is 0 Å². The second kappa shape index (κ2) is 6.18. The quantitative estimate of drug-likeness (QED) is 0.864. The van der Waals surface area contributed by atoms with Crippen molar-refractivity contribution in [1.29, 1.82) is 0 Å². The first-order valence-electron chi connectivity index (χ1n) is 6.64. The molecule has 0 bridgehead atoms. The van der Waals surface area contributed by atoms with Crippen LogP contribution in [0.4, 0.5) is 0 Å². The van der Waals surface area contributed by atoms with Gasteiger partial charge in [0.1, 0.15) is 0 Å². The van der Waals surface area contributed by atoms with Crippen LogP contribution in [0.3, 0.4) is 0 Å². The Morgan fingerprint density at radius 1 is 1.12 bits per heavy atom. The molecule has 94 valence electrons. The summed E-state index contributed by atoms with van der Waals surface area (Å²) < 4.78 is 0. The Labute approximate surface area is 104 Å². The first kappa shape index (κ1) is 12.6. The molecule has 0 heterocycles. The van der Waals surface area contributed by atoms with Crippen molar-refractivity contribution in [2.75, 3.05) is 13.7 Å². The van der Waals surface area contributed by atoms with Crippen LogP contribution in [0, 0.1) is 5.92 Å². The minimum absolute atomic E-state index is 0.370. The molecule has 2 rings (SSSR count). The van der Waals surface area contributed by atoms with Gasteiger partial charge >= 0.3 is 0 Å². The lowest BCUT2D eigenvalue weighted by Crippen LogP contribution is -2.35. The van der Waals surface area contributed by atoms with Gasteiger partial charge in [0.25, 0.3) is 0 Å². The second-order valence-corrected chi connectivity index (χ2v) is 5.26. The molecule has 1 saturated carbocycles. The first-order chi connectivity index (χ1) is 8.29. The minimum atomic E-state index is 0.370. The largest absolute Gasteiger partial charge is 0.396 e. The fraction of sp³-hybridized carbons (Fsp3) is 0.600. The molecule has 1 fully saturated rings. The molecule has 1 aromatic carbocycles. The molecule has 1 aliphatic rings. The Hall–Kier alpha value is -0.860. The Morgan fingerprint density at radius 3 is 2.35 bits per heavy atom. The highest BCUT2D eigenvalue weighted by Crippen LogP contribution is 2.27. The standard InChI is InChI=1S/C15H23NO/c1-16(11-13-5-3-2-4-6-13)15-9-7-14(12-17)8-10-15/h2-6,14-15,17H,7-12H2,1H3. The van der Waals surface area contributed by atoms with Crippen LogP contribution in [0.2, 0.25) is 0 Å². The van der Waals surface area contributed by atoms with Crippen molar-refractivity contribution in [2.45, 2.75) is 38.3 Å². The smallest absolute Gasteiger partial charge is 0.0459 e. The topological polar surface area (TPSA) is 23.5 Å². The average molecular weight is 233 g/mol. The third-order valence-corrected chi connectivity index (χ3v) is 3.97. The molecular weight excluding hydrogens is 210 g/mol. The zero-order valence-corrected chi connectivity index (χ0v) is 10.7. The maximum Gasteiger partial charge on any atom is 0.0459 e. The molecule has 0 aromatic heterocycles. The van der Waals surface area contributed by atoms with Crippen LogP contribution in [-0.2, 0) is 6.54 Å². The minimum Gasteiger partial charge on any atom is -0.396 e. The van der Waals surface area contributed by atoms with Crippen molar-refractivity contribution in [1.82, 2.24) is 4.90 Å². The van der Waals surface area contributed by atoms with Gasteiger partial charge in [-0.1, -0.05) is 30.3 Å². The lowest BCUT2D eigenvalue weighted by molar-refractivity contribution is 0.124. The molecular formula is C15H23NO. The predicted octanol–water partition coefficient (Wildman–Crippen LogP) is 2.67. The highest BCUT2D eigenvalue weighted by Gasteiger charge is 2.23. The zero-order chi connectivity index (χ0) is 12.1. The molecule has 2 heteroatoms. The summed E-state index contributed by atoms with van der Waals surface area (Å²) in [4.78, 5) is 2.46. The van der Waals surface area contributed by atoms with Crippen LogP contribution in [0.1, 0.15) is 31.2 Å². The maximum absolute atomic E-state index is 9.14. The van der Waals surface area contributed by atoms with E-state index in [4.69, 9.17) is 5.11 Å². The molecule has 1 N–H and O–H groups in total. The molecule has 0 unspecified atom stereocenters. The molecule has 0 saturated heterocycles. The molecule has 0 aliphatic heterocycles. The fourth-order valence-electron chi connectivity index (χ4n) is 2.77. The van der Waals surface area contributed by atoms with Gasteiger partial charge in [-0.25, -0.2) is 0 Å². The van der Waals surface area contributed by atoms with Gasteiger partial charge in [0.2, 0.25) is 0 Å². The van der Waals surface area contributed by atoms with Crippen molar-refractivity contribution >= 4 is 0 Å². The summed E-state index contributed by atoms with van der Waals surface area (Å²) in [5.74, 6) is 0.552. The van der Waals surface area contributed by atoms with Crippen LogP contribution < -0.4 is 0 Å². The Balaban J connectivity index is 1.83. The van der Waals surface area contributed by atoms with Crippen molar-refractivity contribution in [3.63, 3.8) is 0 Å². The molecule has 0 atom stereocenters. The van der Waals surface area contributed by atoms with Gasteiger partial charge < -0.3 is 5.11 Å². The van der Waals surface area contributed by atoms with Gasteiger partial charge in [-0.3, -0.25) is 4.90 Å². The van der Waals surface area contributed by atoms with E-state index in [1.807, 2.05) is 0 Å². The second-order valence-electron chi connectivity index (χ2n) is 5.26. The van der Waals surface area contributed by atoms with E-state index < -0.39 is 0 Å². The van der Waals surface area contributed by atoms with Gasteiger partial charge in [-0.15, -0.1) is 0 Å². The van der Waals surface area contributed by atoms with Gasteiger partial charge in [-0.05, 0) is 44.2 Å². The summed E-state index contributed by atoms with van der Waals surface area (Å²) >= 11 is 0. The van der Waals surface area contributed by atoms with Crippen LogP contribution in [0.25, 0.3) is 0 Å². The van der Waals surface area contributed by atoms with Crippen molar-refractivity contribution in [2.24, 2.45) is 5.92 Å². The number of nitrogens with zero attached hydrogens (tertiary/aromatic N) is 1. The van der Waals surface area contributed by atoms with E-state index >= 15 is 0 Å². The third-order valence-electron chi connectivity index (χ3n) is 3.97. The van der Waals surface area contributed by atoms with Crippen LogP contribution >= 0.6 is 0 Å². The number of hydrogen-bond donors (Lipinski definition) is 1. The van der Waals surface area contributed by atoms with E-state index in [2.05, 4.69) is 42.3 Å². The van der Waals surface area contributed by atoms with Gasteiger partial charge in [0.05, 0.1) is 0 Å². The molecule has 0 amide bonds. The number of aliphatic hydroxyl groups is 1. The van der Waals surface area contributed by atoms with Gasteiger partial charge in [-0.2, -0.15) is 0 Å². The number of aliphatic hydroxyl groups excluding tert-OH is 1. The Kier molecular flexibility index (Phi) is 4.57. The van der Waals surface area contributed by atoms with Crippen LogP contribution in [0.15, 0.2) is 30.3 Å². The molecule has 2 nitrogen and oxygen atoms in total. The number of hydrogen-bond acceptors (Lipinski definition) is 2. The van der Waals surface area contributed by atoms with E-state index in [1.165, 1.54) is 31.2 Å². The highest BCUT2D eigenvalue weighted by molar-refractivity contribution is 5.14. The van der Waals surface area contributed by atoms with Crippen molar-refractivity contribution in [3.05, 3.63) is 35.9 Å². The lowest BCUT2D eigenvalue weighted by atomic mass is 9.86. The molecule has 0 spiro atoms. The average Bonchev–Trinajstić information content (AvgIpc) is 2.40. The van der Waals surface area contributed by atoms with Crippen LogP contribution in [-0.4, -0.2) is 29.7 Å². The van der Waals surface area contributed by atoms with Gasteiger partial charge in [0.15, 0.2) is 0 Å². The fourth-order valence-corrected chi connectivity index (χ4v) is 2.77. The monoisotopic (exact) mass is 233 g/mol. The summed E-state index contributed by atoms with van der Waals surface area (Å²) in [7, 11) is 2.22. The van der Waals surface area contributed by atoms with Gasteiger partial charge in [0, 0.05) is 19.2 Å². The summed E-state index contributed by atoms with van der Waals surface area (Å²) in [6, 6.07) is 11.3. The summed E-state index contributed by atoms with van der Waals surface area (Å²) in [5.41, 5.74) is 1.39. The Morgan fingerprint density at radius 2 is 1.76 bits per heavy atom. The number of benzene rings is 1. The summed E-state index contributed by atoms with van der Waals surface area (Å²) in [6.07, 6.45) is 4.82. The lowest BCUT2D eigenvalue weighted by Gasteiger charge is -2.34.